The van der Waals surface area contributed by atoms with Crippen molar-refractivity contribution in [1.29, 1.82) is 5.26 Å². The first-order valence-corrected chi connectivity index (χ1v) is 4.78. The molecule has 0 aliphatic rings. The lowest BCUT2D eigenvalue weighted by molar-refractivity contribution is 0.0995. The Balaban J connectivity index is 2.14. The highest BCUT2D eigenvalue weighted by molar-refractivity contribution is 6.02. The predicted molar refractivity (Wildman–Crippen MR) is 58.1 cm³/mol. The summed E-state index contributed by atoms with van der Waals surface area (Å²) < 4.78 is 4.94. The molecular formula is C11H8N4O2. The molecule has 0 saturated carbocycles. The van der Waals surface area contributed by atoms with Gasteiger partial charge < -0.3 is 9.73 Å². The van der Waals surface area contributed by atoms with E-state index in [1.165, 1.54) is 12.6 Å². The highest BCUT2D eigenvalue weighted by Crippen LogP contribution is 2.09. The van der Waals surface area contributed by atoms with Crippen molar-refractivity contribution in [3.8, 4) is 6.07 Å². The van der Waals surface area contributed by atoms with Crippen LogP contribution in [-0.4, -0.2) is 15.9 Å². The standard InChI is InChI=1S/C11H8N4O2/c1-7-10(17-6-14-7)11(16)15-9-3-2-8(4-12)5-13-9/h2-3,5-6H,1H3,(H,13,15,16). The fraction of sp³-hybridized carbons (Fsp3) is 0.0909. The number of nitrogens with zero attached hydrogens (tertiary/aromatic N) is 3. The fourth-order valence-corrected chi connectivity index (χ4v) is 1.23. The van der Waals surface area contributed by atoms with E-state index in [4.69, 9.17) is 9.68 Å². The van der Waals surface area contributed by atoms with Crippen LogP contribution in [0, 0.1) is 18.3 Å². The Morgan fingerprint density at radius 2 is 2.29 bits per heavy atom. The lowest BCUT2D eigenvalue weighted by atomic mass is 10.3. The molecule has 0 radical (unpaired) electrons. The highest BCUT2D eigenvalue weighted by Gasteiger charge is 2.14. The number of nitrogens with one attached hydrogen (secondary N) is 1. The van der Waals surface area contributed by atoms with Crippen LogP contribution in [0.5, 0.6) is 0 Å². The average molecular weight is 228 g/mol. The quantitative estimate of drug-likeness (QED) is 0.840. The fourth-order valence-electron chi connectivity index (χ4n) is 1.23. The zero-order valence-electron chi connectivity index (χ0n) is 8.97. The van der Waals surface area contributed by atoms with E-state index in [-0.39, 0.29) is 5.76 Å². The van der Waals surface area contributed by atoms with Crippen LogP contribution in [0.25, 0.3) is 0 Å². The summed E-state index contributed by atoms with van der Waals surface area (Å²) in [6.45, 7) is 1.67. The van der Waals surface area contributed by atoms with E-state index >= 15 is 0 Å². The Morgan fingerprint density at radius 1 is 1.47 bits per heavy atom. The normalized spacial score (nSPS) is 9.65. The van der Waals surface area contributed by atoms with Gasteiger partial charge in [0.2, 0.25) is 5.76 Å². The van der Waals surface area contributed by atoms with E-state index in [0.29, 0.717) is 17.1 Å². The number of hydrogen-bond donors (Lipinski definition) is 1. The summed E-state index contributed by atoms with van der Waals surface area (Å²) in [4.78, 5) is 19.4. The van der Waals surface area contributed by atoms with Crippen molar-refractivity contribution in [2.75, 3.05) is 5.32 Å². The summed E-state index contributed by atoms with van der Waals surface area (Å²) in [7, 11) is 0. The van der Waals surface area contributed by atoms with Gasteiger partial charge >= 0.3 is 0 Å². The Hall–Kier alpha value is -2.68. The molecular weight excluding hydrogens is 220 g/mol. The maximum absolute atomic E-state index is 11.7. The van der Waals surface area contributed by atoms with Gasteiger partial charge in [-0.15, -0.1) is 0 Å². The van der Waals surface area contributed by atoms with Gasteiger partial charge in [-0.05, 0) is 19.1 Å². The van der Waals surface area contributed by atoms with Gasteiger partial charge in [0, 0.05) is 6.20 Å². The average Bonchev–Trinajstić information content (AvgIpc) is 2.76. The summed E-state index contributed by atoms with van der Waals surface area (Å²) in [5, 5.41) is 11.1. The zero-order valence-corrected chi connectivity index (χ0v) is 8.97. The zero-order chi connectivity index (χ0) is 12.3. The number of carbonyl (C=O) groups excluding carboxylic acids is 1. The van der Waals surface area contributed by atoms with Gasteiger partial charge in [-0.3, -0.25) is 4.79 Å². The van der Waals surface area contributed by atoms with Crippen LogP contribution < -0.4 is 5.32 Å². The molecule has 84 valence electrons. The number of aryl methyl sites for hydroxylation is 1. The minimum Gasteiger partial charge on any atom is -0.438 e. The van der Waals surface area contributed by atoms with Crippen LogP contribution in [0.3, 0.4) is 0 Å². The van der Waals surface area contributed by atoms with E-state index in [1.54, 1.807) is 19.1 Å². The second-order valence-corrected chi connectivity index (χ2v) is 3.26. The Kier molecular flexibility index (Phi) is 2.83. The molecule has 17 heavy (non-hydrogen) atoms. The Morgan fingerprint density at radius 3 is 2.82 bits per heavy atom. The van der Waals surface area contributed by atoms with Gasteiger partial charge in [-0.25, -0.2) is 9.97 Å². The van der Waals surface area contributed by atoms with Crippen molar-refractivity contribution in [3.05, 3.63) is 41.7 Å². The topological polar surface area (TPSA) is 91.8 Å². The molecule has 0 fully saturated rings. The third-order valence-electron chi connectivity index (χ3n) is 2.09. The Labute approximate surface area is 96.9 Å². The third kappa shape index (κ3) is 2.29. The van der Waals surface area contributed by atoms with Crippen molar-refractivity contribution in [3.63, 3.8) is 0 Å². The van der Waals surface area contributed by atoms with Crippen LogP contribution in [0.1, 0.15) is 21.8 Å². The van der Waals surface area contributed by atoms with Gasteiger partial charge in [0.25, 0.3) is 5.91 Å². The lowest BCUT2D eigenvalue weighted by Crippen LogP contribution is -2.13. The molecule has 0 spiro atoms. The molecule has 1 amide bonds. The van der Waals surface area contributed by atoms with Crippen LogP contribution in [0.2, 0.25) is 0 Å². The number of aromatic nitrogens is 2. The minimum absolute atomic E-state index is 0.149. The first kappa shape index (κ1) is 10.8. The molecule has 0 aliphatic heterocycles. The molecule has 0 saturated heterocycles. The number of hydrogen-bond acceptors (Lipinski definition) is 5. The maximum atomic E-state index is 11.7. The smallest absolute Gasteiger partial charge is 0.294 e. The van der Waals surface area contributed by atoms with Crippen LogP contribution in [-0.2, 0) is 0 Å². The first-order valence-electron chi connectivity index (χ1n) is 4.78. The molecule has 2 heterocycles. The molecule has 0 atom stereocenters. The molecule has 0 aliphatic carbocycles. The van der Waals surface area contributed by atoms with E-state index in [0.717, 1.165) is 0 Å². The van der Waals surface area contributed by atoms with Gasteiger partial charge in [0.15, 0.2) is 6.39 Å². The monoisotopic (exact) mass is 228 g/mol. The van der Waals surface area contributed by atoms with E-state index < -0.39 is 5.91 Å². The first-order chi connectivity index (χ1) is 8.20. The molecule has 2 rings (SSSR count). The molecule has 2 aromatic rings. The molecule has 6 nitrogen and oxygen atoms in total. The molecule has 0 unspecified atom stereocenters. The third-order valence-corrected chi connectivity index (χ3v) is 2.09. The number of rotatable bonds is 2. The number of oxazole rings is 1. The maximum Gasteiger partial charge on any atom is 0.294 e. The van der Waals surface area contributed by atoms with Crippen molar-refractivity contribution < 1.29 is 9.21 Å². The van der Waals surface area contributed by atoms with Crippen molar-refractivity contribution >= 4 is 11.7 Å². The van der Waals surface area contributed by atoms with Crippen molar-refractivity contribution in [1.82, 2.24) is 9.97 Å². The molecule has 6 heteroatoms. The van der Waals surface area contributed by atoms with E-state index in [1.807, 2.05) is 6.07 Å². The minimum atomic E-state index is -0.419. The lowest BCUT2D eigenvalue weighted by Gasteiger charge is -2.01. The summed E-state index contributed by atoms with van der Waals surface area (Å²) >= 11 is 0. The van der Waals surface area contributed by atoms with Crippen LogP contribution >= 0.6 is 0 Å². The molecule has 1 N–H and O–H groups in total. The van der Waals surface area contributed by atoms with Crippen molar-refractivity contribution in [2.45, 2.75) is 6.92 Å². The summed E-state index contributed by atoms with van der Waals surface area (Å²) in [5.41, 5.74) is 0.940. The largest absolute Gasteiger partial charge is 0.438 e. The van der Waals surface area contributed by atoms with Crippen LogP contribution in [0.4, 0.5) is 5.82 Å². The number of nitriles is 1. The predicted octanol–water partition coefficient (Wildman–Crippen LogP) is 1.50. The molecule has 2 aromatic heterocycles. The van der Waals surface area contributed by atoms with Gasteiger partial charge in [-0.1, -0.05) is 0 Å². The van der Waals surface area contributed by atoms with Gasteiger partial charge in [-0.2, -0.15) is 5.26 Å². The SMILES string of the molecule is Cc1ncoc1C(=O)Nc1ccc(C#N)cn1. The number of amides is 1. The second kappa shape index (κ2) is 4.45. The molecule has 0 bridgehead atoms. The summed E-state index contributed by atoms with van der Waals surface area (Å²) in [6, 6.07) is 5.05. The molecule has 0 aromatic carbocycles. The van der Waals surface area contributed by atoms with Crippen LogP contribution in [0.15, 0.2) is 29.1 Å². The van der Waals surface area contributed by atoms with Gasteiger partial charge in [0.1, 0.15) is 11.9 Å². The second-order valence-electron chi connectivity index (χ2n) is 3.26. The number of pyridine rings is 1. The summed E-state index contributed by atoms with van der Waals surface area (Å²) in [6.07, 6.45) is 2.58. The van der Waals surface area contributed by atoms with Gasteiger partial charge in [0.05, 0.1) is 11.3 Å². The van der Waals surface area contributed by atoms with E-state index in [2.05, 4.69) is 15.3 Å². The van der Waals surface area contributed by atoms with E-state index in [9.17, 15) is 4.79 Å². The number of anilines is 1. The Bertz CT molecular complexity index is 580. The number of carbonyl (C=O) groups is 1. The highest BCUT2D eigenvalue weighted by atomic mass is 16.3. The van der Waals surface area contributed by atoms with Crippen molar-refractivity contribution in [2.24, 2.45) is 0 Å². The summed E-state index contributed by atoms with van der Waals surface area (Å²) in [5.74, 6) is 0.0816.